The molecule has 0 unspecified atom stereocenters. The Morgan fingerprint density at radius 1 is 0.959 bits per heavy atom. The van der Waals surface area contributed by atoms with Crippen molar-refractivity contribution >= 4 is 28.3 Å². The second kappa shape index (κ2) is 15.1. The van der Waals surface area contributed by atoms with Gasteiger partial charge in [-0.15, -0.1) is 0 Å². The van der Waals surface area contributed by atoms with Crippen molar-refractivity contribution < 1.29 is 37.0 Å². The maximum Gasteiger partial charge on any atom is 0.410 e. The molecule has 2 heterocycles. The summed E-state index contributed by atoms with van der Waals surface area (Å²) in [7, 11) is -2.36. The molecule has 3 aromatic carbocycles. The summed E-state index contributed by atoms with van der Waals surface area (Å²) in [5.74, 6) is 0.422. The molecule has 0 spiro atoms. The normalized spacial score (nSPS) is 18.4. The van der Waals surface area contributed by atoms with Crippen LogP contribution in [0.1, 0.15) is 67.9 Å². The molecule has 3 aromatic rings. The molecular formula is C37H45N3O8S. The van der Waals surface area contributed by atoms with Gasteiger partial charge in [-0.25, -0.2) is 17.9 Å². The van der Waals surface area contributed by atoms with Gasteiger partial charge in [-0.1, -0.05) is 48.5 Å². The van der Waals surface area contributed by atoms with Crippen LogP contribution >= 0.6 is 0 Å². The Labute approximate surface area is 288 Å². The van der Waals surface area contributed by atoms with E-state index in [0.29, 0.717) is 24.9 Å². The number of fused-ring (bicyclic) bond motifs is 2. The summed E-state index contributed by atoms with van der Waals surface area (Å²) in [5.41, 5.74) is 0.882. The van der Waals surface area contributed by atoms with Crippen molar-refractivity contribution in [3.05, 3.63) is 89.5 Å². The summed E-state index contributed by atoms with van der Waals surface area (Å²) >= 11 is 0. The zero-order valence-electron chi connectivity index (χ0n) is 28.4. The van der Waals surface area contributed by atoms with Crippen molar-refractivity contribution in [2.24, 2.45) is 5.92 Å². The van der Waals surface area contributed by atoms with Crippen LogP contribution in [0, 0.1) is 5.92 Å². The average molecular weight is 692 g/mol. The lowest BCUT2D eigenvalue weighted by Crippen LogP contribution is -2.56. The molecule has 0 saturated carbocycles. The van der Waals surface area contributed by atoms with Gasteiger partial charge in [-0.05, 0) is 70.7 Å². The highest BCUT2D eigenvalue weighted by Crippen LogP contribution is 2.50. The first kappa shape index (κ1) is 36.0. The van der Waals surface area contributed by atoms with E-state index in [2.05, 4.69) is 10.0 Å². The number of hydrogen-bond donors (Lipinski definition) is 2. The van der Waals surface area contributed by atoms with Gasteiger partial charge in [0.05, 0.1) is 10.8 Å². The highest BCUT2D eigenvalue weighted by Gasteiger charge is 2.43. The Morgan fingerprint density at radius 3 is 2.18 bits per heavy atom. The van der Waals surface area contributed by atoms with Gasteiger partial charge in [0.2, 0.25) is 15.9 Å². The molecule has 2 atom stereocenters. The van der Waals surface area contributed by atoms with Crippen LogP contribution in [0.15, 0.2) is 77.7 Å². The summed E-state index contributed by atoms with van der Waals surface area (Å²) in [4.78, 5) is 39.9. The zero-order chi connectivity index (χ0) is 35.2. The molecule has 2 aliphatic heterocycles. The second-order valence-electron chi connectivity index (χ2n) is 13.7. The first-order valence-corrected chi connectivity index (χ1v) is 18.0. The van der Waals surface area contributed by atoms with Crippen LogP contribution in [0.25, 0.3) is 0 Å². The van der Waals surface area contributed by atoms with Gasteiger partial charge in [0.15, 0.2) is 0 Å². The van der Waals surface area contributed by atoms with Crippen molar-refractivity contribution in [1.29, 1.82) is 0 Å². The largest absolute Gasteiger partial charge is 0.457 e. The van der Waals surface area contributed by atoms with E-state index in [4.69, 9.17) is 14.2 Å². The predicted molar refractivity (Wildman–Crippen MR) is 184 cm³/mol. The number of benzene rings is 3. The smallest absolute Gasteiger partial charge is 0.410 e. The number of para-hydroxylation sites is 2. The molecule has 2 aliphatic rings. The predicted octanol–water partition coefficient (Wildman–Crippen LogP) is 5.43. The minimum Gasteiger partial charge on any atom is -0.457 e. The van der Waals surface area contributed by atoms with Crippen molar-refractivity contribution in [2.75, 3.05) is 33.4 Å². The quantitative estimate of drug-likeness (QED) is 0.189. The lowest BCUT2D eigenvalue weighted by Gasteiger charge is -2.42. The number of methoxy groups -OCH3 is 1. The number of aldehydes is 1. The fourth-order valence-corrected chi connectivity index (χ4v) is 7.87. The maximum atomic E-state index is 14.1. The van der Waals surface area contributed by atoms with Crippen LogP contribution in [0.2, 0.25) is 0 Å². The third-order valence-electron chi connectivity index (χ3n) is 8.91. The summed E-state index contributed by atoms with van der Waals surface area (Å²) in [5, 5.41) is 3.21. The monoisotopic (exact) mass is 691 g/mol. The number of carbonyl (C=O) groups is 3. The molecule has 2 amide bonds. The van der Waals surface area contributed by atoms with Gasteiger partial charge < -0.3 is 24.4 Å². The van der Waals surface area contributed by atoms with Crippen molar-refractivity contribution in [2.45, 2.75) is 68.4 Å². The van der Waals surface area contributed by atoms with Gasteiger partial charge in [0, 0.05) is 61.5 Å². The molecule has 0 aromatic heterocycles. The van der Waals surface area contributed by atoms with Crippen LogP contribution in [-0.2, 0) is 29.7 Å². The fourth-order valence-electron chi connectivity index (χ4n) is 6.63. The number of unbranched alkanes of at least 4 members (excludes halogenated alkanes) is 1. The second-order valence-corrected chi connectivity index (χ2v) is 15.4. The number of ether oxygens (including phenoxy) is 3. The Morgan fingerprint density at radius 2 is 1.59 bits per heavy atom. The maximum absolute atomic E-state index is 14.1. The number of hydrogen-bond acceptors (Lipinski definition) is 8. The lowest BCUT2D eigenvalue weighted by atomic mass is 9.69. The standard InChI is InChI=1S/C37H45N3O8S/c1-36(2,3)48-35(43)40-22-27(21-28(23-40)39-49(44,45)29-17-15-26(24-41)16-18-29)34(42)38-25-37(19-9-10-20-46-4)30-11-5-7-13-32(30)47-33-14-8-6-12-31(33)37/h5-8,11-18,24,27-28,39H,9-10,19-23,25H2,1-4H3,(H,38,42)/t27-,28+/m0/s1. The van der Waals surface area contributed by atoms with Gasteiger partial charge in [0.25, 0.3) is 0 Å². The Balaban J connectivity index is 1.41. The first-order valence-electron chi connectivity index (χ1n) is 16.5. The van der Waals surface area contributed by atoms with E-state index in [1.807, 2.05) is 48.5 Å². The van der Waals surface area contributed by atoms with Crippen molar-refractivity contribution in [1.82, 2.24) is 14.9 Å². The van der Waals surface area contributed by atoms with Crippen molar-refractivity contribution in [3.63, 3.8) is 0 Å². The Kier molecular flexibility index (Phi) is 11.1. The molecule has 2 N–H and O–H groups in total. The molecule has 12 heteroatoms. The molecule has 0 bridgehead atoms. The topological polar surface area (TPSA) is 140 Å². The third-order valence-corrected chi connectivity index (χ3v) is 10.4. The summed E-state index contributed by atoms with van der Waals surface area (Å²) in [6.07, 6.45) is 2.55. The summed E-state index contributed by atoms with van der Waals surface area (Å²) < 4.78 is 46.7. The third kappa shape index (κ3) is 8.49. The van der Waals surface area contributed by atoms with Gasteiger partial charge in [-0.3, -0.25) is 9.59 Å². The molecular weight excluding hydrogens is 646 g/mol. The van der Waals surface area contributed by atoms with E-state index in [-0.39, 0.29) is 36.9 Å². The highest BCUT2D eigenvalue weighted by molar-refractivity contribution is 7.89. The number of nitrogens with one attached hydrogen (secondary N) is 2. The van der Waals surface area contributed by atoms with Crippen LogP contribution < -0.4 is 14.8 Å². The SMILES string of the molecule is COCCCCC1(CNC(=O)[C@H]2C[C@@H](NS(=O)(=O)c3ccc(C=O)cc3)CN(C(=O)OC(C)(C)C)C2)c2ccccc2Oc2ccccc21. The van der Waals surface area contributed by atoms with E-state index in [9.17, 15) is 22.8 Å². The van der Waals surface area contributed by atoms with Crippen LogP contribution in [0.4, 0.5) is 4.79 Å². The molecule has 1 saturated heterocycles. The van der Waals surface area contributed by atoms with E-state index in [1.54, 1.807) is 27.9 Å². The Hall–Kier alpha value is -4.26. The minimum absolute atomic E-state index is 0.0197. The molecule has 5 rings (SSSR count). The molecule has 262 valence electrons. The number of piperidine rings is 1. The number of carbonyl (C=O) groups excluding carboxylic acids is 3. The fraction of sp³-hybridized carbons (Fsp3) is 0.432. The highest BCUT2D eigenvalue weighted by atomic mass is 32.2. The van der Waals surface area contributed by atoms with E-state index < -0.39 is 39.1 Å². The van der Waals surface area contributed by atoms with Crippen molar-refractivity contribution in [3.8, 4) is 11.5 Å². The minimum atomic E-state index is -4.04. The zero-order valence-corrected chi connectivity index (χ0v) is 29.3. The van der Waals surface area contributed by atoms with Crippen LogP contribution in [-0.4, -0.2) is 76.6 Å². The molecule has 11 nitrogen and oxygen atoms in total. The number of amides is 2. The van der Waals surface area contributed by atoms with Crippen LogP contribution in [0.5, 0.6) is 11.5 Å². The molecule has 49 heavy (non-hydrogen) atoms. The Bertz CT molecular complexity index is 1710. The van der Waals surface area contributed by atoms with Crippen LogP contribution in [0.3, 0.4) is 0 Å². The first-order chi connectivity index (χ1) is 23.3. The number of nitrogens with zero attached hydrogens (tertiary/aromatic N) is 1. The molecule has 1 fully saturated rings. The van der Waals surface area contributed by atoms with Gasteiger partial charge in [-0.2, -0.15) is 0 Å². The van der Waals surface area contributed by atoms with Gasteiger partial charge >= 0.3 is 6.09 Å². The lowest BCUT2D eigenvalue weighted by molar-refractivity contribution is -0.127. The van der Waals surface area contributed by atoms with E-state index >= 15 is 0 Å². The number of sulfonamides is 1. The molecule has 0 radical (unpaired) electrons. The van der Waals surface area contributed by atoms with E-state index in [0.717, 1.165) is 35.5 Å². The van der Waals surface area contributed by atoms with Gasteiger partial charge in [0.1, 0.15) is 23.4 Å². The average Bonchev–Trinajstić information content (AvgIpc) is 3.08. The number of rotatable bonds is 12. The summed E-state index contributed by atoms with van der Waals surface area (Å²) in [6, 6.07) is 20.5. The number of likely N-dealkylation sites (tertiary alicyclic amines) is 1. The van der Waals surface area contributed by atoms with E-state index in [1.165, 1.54) is 29.2 Å². The molecule has 0 aliphatic carbocycles. The summed E-state index contributed by atoms with van der Waals surface area (Å²) in [6.45, 7) is 6.20.